The minimum absolute atomic E-state index is 0.0156. The first-order valence-corrected chi connectivity index (χ1v) is 23.9. The van der Waals surface area contributed by atoms with Crippen LogP contribution in [0, 0.1) is 0 Å². The highest BCUT2D eigenvalue weighted by molar-refractivity contribution is 6.21. The van der Waals surface area contributed by atoms with Crippen LogP contribution in [0.15, 0.2) is 97.3 Å². The highest BCUT2D eigenvalue weighted by Crippen LogP contribution is 2.40. The predicted molar refractivity (Wildman–Crippen MR) is 275 cm³/mol. The van der Waals surface area contributed by atoms with E-state index in [0.717, 1.165) is 78.6 Å². The van der Waals surface area contributed by atoms with Gasteiger partial charge in [-0.1, -0.05) is 48.5 Å². The number of benzene rings is 4. The van der Waals surface area contributed by atoms with Gasteiger partial charge in [-0.05, 0) is 77.9 Å². The average Bonchev–Trinajstić information content (AvgIpc) is 4.10. The molecular weight excluding hydrogens is 917 g/mol. The van der Waals surface area contributed by atoms with Crippen LogP contribution in [0.2, 0.25) is 0 Å². The monoisotopic (exact) mass is 974 g/mol. The van der Waals surface area contributed by atoms with Crippen LogP contribution in [-0.4, -0.2) is 100 Å². The third-order valence-electron chi connectivity index (χ3n) is 12.1. The number of H-pyrrole nitrogens is 1. The summed E-state index contributed by atoms with van der Waals surface area (Å²) in [5.41, 5.74) is 5.62. The summed E-state index contributed by atoms with van der Waals surface area (Å²) in [6, 6.07) is 27.2. The predicted octanol–water partition coefficient (Wildman–Crippen LogP) is 11.0. The van der Waals surface area contributed by atoms with E-state index in [9.17, 15) is 19.2 Å². The van der Waals surface area contributed by atoms with E-state index in [4.69, 9.17) is 28.4 Å². The number of amides is 3. The van der Waals surface area contributed by atoms with Gasteiger partial charge in [-0.25, -0.2) is 19.1 Å². The highest BCUT2D eigenvalue weighted by atomic mass is 16.6. The molecule has 0 spiro atoms. The molecular formula is C56H58N6O10. The zero-order valence-corrected chi connectivity index (χ0v) is 41.8. The maximum atomic E-state index is 13.8. The molecule has 4 aromatic carbocycles. The Hall–Kier alpha value is -7.82. The summed E-state index contributed by atoms with van der Waals surface area (Å²) in [5.74, 6) is 0.980. The fourth-order valence-corrected chi connectivity index (χ4v) is 8.94. The number of methoxy groups -OCH3 is 2. The summed E-state index contributed by atoms with van der Waals surface area (Å²) >= 11 is 0. The standard InChI is InChI=1S/C33H37N3O7.C23H21N3O3/c1-32(2,3)42-30(38)35-19-26-27(29(35)37)23-13-12-21-18-34-25(20-10-8-11-22(16-20)41-15-9-14-40-7)17-24(21)28(23)36(26)31(39)43-33(4,5)6;1-28-8-3-9-29-16-5-2-4-14(10-16)19-11-18-15(12-24-19)6-7-17-21-20(26-22(17)18)13-25-23(21)27/h8,10-13,16-18H,9,14-15,19H2,1-7H3;2,4-7,10-12,26H,3,8-9,13H2,1H3,(H,25,27). The molecule has 0 saturated carbocycles. The van der Waals surface area contributed by atoms with Crippen molar-refractivity contribution in [2.45, 2.75) is 78.7 Å². The van der Waals surface area contributed by atoms with E-state index in [2.05, 4.69) is 26.3 Å². The lowest BCUT2D eigenvalue weighted by Gasteiger charge is -2.24. The minimum Gasteiger partial charge on any atom is -0.493 e. The van der Waals surface area contributed by atoms with Gasteiger partial charge in [-0.2, -0.15) is 0 Å². The van der Waals surface area contributed by atoms with E-state index in [1.54, 1.807) is 68.0 Å². The molecule has 0 fully saturated rings. The maximum absolute atomic E-state index is 13.8. The molecule has 0 unspecified atom stereocenters. The second-order valence-corrected chi connectivity index (χ2v) is 19.6. The SMILES string of the molecule is COCCCOc1cccc(-c2cc3c(ccc4c5c([nH]c43)CNC5=O)cn2)c1.COCCCOc1cccc(-c2cc3c(ccc4c5c(n(C(=O)OC(C)(C)C)c43)CN(C(=O)OC(C)(C)C)C5=O)cn2)c1. The molecule has 10 rings (SSSR count). The maximum Gasteiger partial charge on any atom is 0.419 e. The summed E-state index contributed by atoms with van der Waals surface area (Å²) < 4.78 is 34.6. The normalized spacial score (nSPS) is 13.3. The Labute approximate surface area is 416 Å². The number of pyridine rings is 2. The first kappa shape index (κ1) is 49.2. The number of ether oxygens (including phenoxy) is 6. The Morgan fingerprint density at radius 1 is 0.639 bits per heavy atom. The lowest BCUT2D eigenvalue weighted by Crippen LogP contribution is -2.37. The van der Waals surface area contributed by atoms with Crippen LogP contribution in [0.25, 0.3) is 65.9 Å². The number of carbonyl (C=O) groups excluding carboxylic acids is 4. The smallest absolute Gasteiger partial charge is 0.419 e. The first-order valence-electron chi connectivity index (χ1n) is 23.9. The van der Waals surface area contributed by atoms with Crippen molar-refractivity contribution in [2.75, 3.05) is 40.6 Å². The van der Waals surface area contributed by atoms with Gasteiger partial charge in [0.25, 0.3) is 11.8 Å². The van der Waals surface area contributed by atoms with Crippen LogP contribution in [0.5, 0.6) is 11.5 Å². The van der Waals surface area contributed by atoms with Gasteiger partial charge >= 0.3 is 12.2 Å². The van der Waals surface area contributed by atoms with E-state index in [1.165, 1.54) is 4.57 Å². The second kappa shape index (κ2) is 20.1. The number of nitrogens with one attached hydrogen (secondary N) is 2. The van der Waals surface area contributed by atoms with Crippen molar-refractivity contribution in [1.29, 1.82) is 0 Å². The van der Waals surface area contributed by atoms with Gasteiger partial charge < -0.3 is 38.7 Å². The molecule has 16 heteroatoms. The summed E-state index contributed by atoms with van der Waals surface area (Å²) in [7, 11) is 3.35. The summed E-state index contributed by atoms with van der Waals surface area (Å²) in [6.45, 7) is 13.4. The number of hydrogen-bond acceptors (Lipinski definition) is 12. The fourth-order valence-electron chi connectivity index (χ4n) is 8.94. The van der Waals surface area contributed by atoms with Gasteiger partial charge in [0.1, 0.15) is 22.7 Å². The average molecular weight is 975 g/mol. The molecule has 72 heavy (non-hydrogen) atoms. The van der Waals surface area contributed by atoms with E-state index in [0.29, 0.717) is 66.4 Å². The molecule has 4 aromatic heterocycles. The summed E-state index contributed by atoms with van der Waals surface area (Å²) in [6.07, 6.45) is 3.82. The summed E-state index contributed by atoms with van der Waals surface area (Å²) in [4.78, 5) is 66.3. The highest BCUT2D eigenvalue weighted by Gasteiger charge is 2.42. The number of nitrogens with zero attached hydrogens (tertiary/aromatic N) is 4. The van der Waals surface area contributed by atoms with Gasteiger partial charge in [-0.15, -0.1) is 0 Å². The molecule has 0 aliphatic carbocycles. The number of fused-ring (bicyclic) bond motifs is 10. The fraction of sp³-hybridized carbons (Fsp3) is 0.321. The largest absolute Gasteiger partial charge is 0.493 e. The number of rotatable bonds is 12. The topological polar surface area (TPSA) is 185 Å². The van der Waals surface area contributed by atoms with Crippen LogP contribution in [0.4, 0.5) is 9.59 Å². The van der Waals surface area contributed by atoms with Gasteiger partial charge in [0.15, 0.2) is 0 Å². The molecule has 0 atom stereocenters. The molecule has 8 aromatic rings. The van der Waals surface area contributed by atoms with Crippen LogP contribution in [0.1, 0.15) is 86.5 Å². The van der Waals surface area contributed by atoms with E-state index in [1.807, 2.05) is 79.0 Å². The van der Waals surface area contributed by atoms with Crippen molar-refractivity contribution in [3.8, 4) is 34.0 Å². The Balaban J connectivity index is 0.000000191. The van der Waals surface area contributed by atoms with E-state index >= 15 is 0 Å². The van der Waals surface area contributed by atoms with Crippen molar-refractivity contribution in [3.63, 3.8) is 0 Å². The van der Waals surface area contributed by atoms with Crippen molar-refractivity contribution in [2.24, 2.45) is 0 Å². The molecule has 2 aliphatic rings. The van der Waals surface area contributed by atoms with Crippen molar-refractivity contribution in [1.82, 2.24) is 29.7 Å². The number of hydrogen-bond donors (Lipinski definition) is 2. The van der Waals surface area contributed by atoms with Crippen molar-refractivity contribution < 1.29 is 47.6 Å². The van der Waals surface area contributed by atoms with Crippen LogP contribution in [0.3, 0.4) is 0 Å². The molecule has 0 bridgehead atoms. The van der Waals surface area contributed by atoms with Crippen LogP contribution >= 0.6 is 0 Å². The zero-order valence-electron chi connectivity index (χ0n) is 41.8. The third-order valence-corrected chi connectivity index (χ3v) is 12.1. The van der Waals surface area contributed by atoms with E-state index < -0.39 is 29.3 Å². The summed E-state index contributed by atoms with van der Waals surface area (Å²) in [5, 5.41) is 7.95. The lowest BCUT2D eigenvalue weighted by atomic mass is 10.0. The lowest BCUT2D eigenvalue weighted by molar-refractivity contribution is 0.0241. The van der Waals surface area contributed by atoms with E-state index in [-0.39, 0.29) is 18.0 Å². The molecule has 3 amide bonds. The number of carbonyl (C=O) groups is 4. The van der Waals surface area contributed by atoms with Gasteiger partial charge in [0.2, 0.25) is 0 Å². The number of aromatic amines is 1. The molecule has 0 radical (unpaired) electrons. The minimum atomic E-state index is -0.797. The molecule has 16 nitrogen and oxygen atoms in total. The van der Waals surface area contributed by atoms with Crippen molar-refractivity contribution in [3.05, 3.63) is 120 Å². The zero-order chi connectivity index (χ0) is 50.9. The second-order valence-electron chi connectivity index (χ2n) is 19.6. The molecule has 2 aliphatic heterocycles. The Bertz CT molecular complexity index is 3400. The van der Waals surface area contributed by atoms with Crippen molar-refractivity contribution >= 4 is 67.4 Å². The third kappa shape index (κ3) is 10.2. The van der Waals surface area contributed by atoms with Gasteiger partial charge in [0.05, 0.1) is 65.5 Å². The Morgan fingerprint density at radius 2 is 1.19 bits per heavy atom. The van der Waals surface area contributed by atoms with Crippen LogP contribution in [-0.2, 0) is 32.0 Å². The Morgan fingerprint density at radius 3 is 1.78 bits per heavy atom. The first-order chi connectivity index (χ1) is 34.5. The number of aromatic nitrogens is 4. The van der Waals surface area contributed by atoms with Crippen LogP contribution < -0.4 is 14.8 Å². The molecule has 6 heterocycles. The Kier molecular flexibility index (Phi) is 13.7. The number of imide groups is 1. The van der Waals surface area contributed by atoms with Gasteiger partial charge in [0, 0.05) is 102 Å². The van der Waals surface area contributed by atoms with Gasteiger partial charge in [-0.3, -0.25) is 19.6 Å². The quantitative estimate of drug-likeness (QED) is 0.111. The molecule has 372 valence electrons. The molecule has 2 N–H and O–H groups in total. The molecule has 0 saturated heterocycles.